The summed E-state index contributed by atoms with van der Waals surface area (Å²) in [6, 6.07) is 17.2. The van der Waals surface area contributed by atoms with Gasteiger partial charge in [0, 0.05) is 23.6 Å². The Kier molecular flexibility index (Phi) is 5.86. The van der Waals surface area contributed by atoms with E-state index in [4.69, 9.17) is 4.98 Å². The summed E-state index contributed by atoms with van der Waals surface area (Å²) in [5.41, 5.74) is 4.89. The van der Waals surface area contributed by atoms with Crippen molar-refractivity contribution in [2.45, 2.75) is 26.9 Å². The van der Waals surface area contributed by atoms with Crippen LogP contribution in [0.4, 0.5) is 5.95 Å². The molecular weight excluding hydrogens is 407 g/mol. The lowest BCUT2D eigenvalue weighted by molar-refractivity contribution is 0.208. The number of aliphatic hydroxyl groups is 1. The van der Waals surface area contributed by atoms with E-state index in [1.807, 2.05) is 50.2 Å². The van der Waals surface area contributed by atoms with E-state index in [9.17, 15) is 9.90 Å². The Morgan fingerprint density at radius 1 is 1.06 bits per heavy atom. The van der Waals surface area contributed by atoms with Gasteiger partial charge in [-0.3, -0.25) is 9.36 Å². The van der Waals surface area contributed by atoms with Gasteiger partial charge in [-0.05, 0) is 49.3 Å². The first-order chi connectivity index (χ1) is 14.8. The number of nitrogens with one attached hydrogen (secondary N) is 1. The third kappa shape index (κ3) is 4.22. The largest absolute Gasteiger partial charge is 0.392 e. The molecule has 2 N–H and O–H groups in total. The second-order valence-electron chi connectivity index (χ2n) is 7.73. The molecule has 2 aromatic heterocycles. The minimum atomic E-state index is -0.560. The van der Waals surface area contributed by atoms with Crippen LogP contribution < -0.4 is 16.2 Å². The normalized spacial score (nSPS) is 12.2. The monoisotopic (exact) mass is 432 g/mol. The maximum Gasteiger partial charge on any atom is 0.256 e. The van der Waals surface area contributed by atoms with E-state index in [1.54, 1.807) is 23.6 Å². The zero-order valence-corrected chi connectivity index (χ0v) is 18.9. The van der Waals surface area contributed by atoms with Crippen LogP contribution in [-0.2, 0) is 0 Å². The number of nitrogens with zero attached hydrogens (tertiary/aromatic N) is 3. The number of rotatable bonds is 5. The van der Waals surface area contributed by atoms with Crippen LogP contribution in [0.2, 0.25) is 0 Å². The number of para-hydroxylation sites is 1. The summed E-state index contributed by atoms with van der Waals surface area (Å²) >= 11 is 0. The van der Waals surface area contributed by atoms with Crippen LogP contribution in [0.15, 0.2) is 59.4 Å². The van der Waals surface area contributed by atoms with E-state index in [-0.39, 0.29) is 5.56 Å². The molecule has 0 radical (unpaired) electrons. The molecule has 2 heterocycles. The van der Waals surface area contributed by atoms with Crippen molar-refractivity contribution in [3.63, 3.8) is 0 Å². The van der Waals surface area contributed by atoms with E-state index in [2.05, 4.69) is 25.6 Å². The lowest BCUT2D eigenvalue weighted by Crippen LogP contribution is -2.21. The third-order valence-corrected chi connectivity index (χ3v) is 5.53. The van der Waals surface area contributed by atoms with E-state index < -0.39 is 6.10 Å². The zero-order chi connectivity index (χ0) is 22.1. The standard InChI is InChI=1S/C24H25N4O2P/c1-14-6-4-5-7-20(14)28-21(30)11-10-19-22(18-9-8-17(31)12-15(18)2)26-24(27-23(19)28)25-13-16(3)29/h4-12,16,29H,13,31H2,1-3H3,(H,25,26,27)/t16-/m1/s1. The van der Waals surface area contributed by atoms with Crippen LogP contribution in [0.5, 0.6) is 0 Å². The maximum absolute atomic E-state index is 13.0. The summed E-state index contributed by atoms with van der Waals surface area (Å²) in [6.45, 7) is 6.00. The molecule has 0 fully saturated rings. The van der Waals surface area contributed by atoms with Gasteiger partial charge in [0.1, 0.15) is 0 Å². The number of aliphatic hydroxyl groups excluding tert-OH is 1. The SMILES string of the molecule is Cc1cc(P)ccc1-c1nc(NC[C@@H](C)O)nc2c1ccc(=O)n2-c1ccccc1C. The number of pyridine rings is 1. The number of anilines is 1. The lowest BCUT2D eigenvalue weighted by atomic mass is 10.0. The van der Waals surface area contributed by atoms with E-state index >= 15 is 0 Å². The Hall–Kier alpha value is -3.08. The van der Waals surface area contributed by atoms with Crippen LogP contribution >= 0.6 is 9.24 Å². The van der Waals surface area contributed by atoms with Crippen molar-refractivity contribution in [2.24, 2.45) is 0 Å². The topological polar surface area (TPSA) is 80.0 Å². The molecule has 7 heteroatoms. The van der Waals surface area contributed by atoms with Crippen LogP contribution in [0.25, 0.3) is 28.0 Å². The molecule has 0 saturated heterocycles. The first-order valence-corrected chi connectivity index (χ1v) is 10.7. The van der Waals surface area contributed by atoms with E-state index in [0.717, 1.165) is 38.8 Å². The van der Waals surface area contributed by atoms with Crippen molar-refractivity contribution in [1.29, 1.82) is 0 Å². The molecule has 4 rings (SSSR count). The molecule has 1 unspecified atom stereocenters. The summed E-state index contributed by atoms with van der Waals surface area (Å²) in [4.78, 5) is 22.4. The minimum Gasteiger partial charge on any atom is -0.392 e. The molecule has 0 saturated carbocycles. The van der Waals surface area contributed by atoms with Gasteiger partial charge in [-0.1, -0.05) is 36.4 Å². The Labute approximate surface area is 183 Å². The van der Waals surface area contributed by atoms with Crippen molar-refractivity contribution < 1.29 is 5.11 Å². The molecule has 0 spiro atoms. The van der Waals surface area contributed by atoms with Crippen molar-refractivity contribution in [1.82, 2.24) is 14.5 Å². The zero-order valence-electron chi connectivity index (χ0n) is 17.8. The summed E-state index contributed by atoms with van der Waals surface area (Å²) in [5, 5.41) is 14.7. The van der Waals surface area contributed by atoms with Crippen LogP contribution in [0.3, 0.4) is 0 Å². The van der Waals surface area contributed by atoms with Crippen molar-refractivity contribution in [3.05, 3.63) is 76.1 Å². The number of fused-ring (bicyclic) bond motifs is 1. The summed E-state index contributed by atoms with van der Waals surface area (Å²) in [5.74, 6) is 0.366. The maximum atomic E-state index is 13.0. The molecule has 158 valence electrons. The number of aryl methyl sites for hydroxylation is 2. The van der Waals surface area contributed by atoms with E-state index in [1.165, 1.54) is 0 Å². The van der Waals surface area contributed by atoms with Crippen LogP contribution in [0, 0.1) is 13.8 Å². The Morgan fingerprint density at radius 3 is 2.55 bits per heavy atom. The Balaban J connectivity index is 2.07. The molecule has 4 aromatic rings. The predicted molar refractivity (Wildman–Crippen MR) is 130 cm³/mol. The van der Waals surface area contributed by atoms with Crippen molar-refractivity contribution >= 4 is 31.5 Å². The van der Waals surface area contributed by atoms with Gasteiger partial charge >= 0.3 is 0 Å². The molecule has 0 aliphatic rings. The van der Waals surface area contributed by atoms with Gasteiger partial charge in [0.05, 0.1) is 17.5 Å². The van der Waals surface area contributed by atoms with E-state index in [0.29, 0.717) is 18.1 Å². The molecule has 31 heavy (non-hydrogen) atoms. The second-order valence-corrected chi connectivity index (χ2v) is 8.40. The molecule has 0 bridgehead atoms. The summed E-state index contributed by atoms with van der Waals surface area (Å²) in [7, 11) is 2.70. The number of benzene rings is 2. The van der Waals surface area contributed by atoms with Crippen LogP contribution in [0.1, 0.15) is 18.1 Å². The first kappa shape index (κ1) is 21.2. The predicted octanol–water partition coefficient (Wildman–Crippen LogP) is 3.36. The fraction of sp³-hybridized carbons (Fsp3) is 0.208. The second kappa shape index (κ2) is 8.58. The van der Waals surface area contributed by atoms with Gasteiger partial charge in [0.15, 0.2) is 5.65 Å². The number of aromatic nitrogens is 3. The highest BCUT2D eigenvalue weighted by Crippen LogP contribution is 2.30. The fourth-order valence-corrected chi connectivity index (χ4v) is 3.98. The highest BCUT2D eigenvalue weighted by atomic mass is 31.0. The Morgan fingerprint density at radius 2 is 1.84 bits per heavy atom. The number of hydrogen-bond acceptors (Lipinski definition) is 5. The van der Waals surface area contributed by atoms with Gasteiger partial charge in [0.25, 0.3) is 5.56 Å². The van der Waals surface area contributed by atoms with Gasteiger partial charge in [0.2, 0.25) is 5.95 Å². The molecule has 6 nitrogen and oxygen atoms in total. The molecule has 2 aromatic carbocycles. The van der Waals surface area contributed by atoms with Gasteiger partial charge in [-0.2, -0.15) is 4.98 Å². The molecule has 2 atom stereocenters. The van der Waals surface area contributed by atoms with Crippen molar-refractivity contribution in [3.8, 4) is 16.9 Å². The quantitative estimate of drug-likeness (QED) is 0.473. The Bertz CT molecular complexity index is 1330. The molecular formula is C24H25N4O2P. The molecule has 0 aliphatic heterocycles. The summed E-state index contributed by atoms with van der Waals surface area (Å²) in [6.07, 6.45) is -0.560. The third-order valence-electron chi connectivity index (χ3n) is 5.17. The van der Waals surface area contributed by atoms with Gasteiger partial charge in [-0.25, -0.2) is 4.98 Å². The highest BCUT2D eigenvalue weighted by molar-refractivity contribution is 7.27. The highest BCUT2D eigenvalue weighted by Gasteiger charge is 2.17. The number of hydrogen-bond donors (Lipinski definition) is 2. The van der Waals surface area contributed by atoms with Crippen LogP contribution in [-0.4, -0.2) is 32.3 Å². The van der Waals surface area contributed by atoms with Gasteiger partial charge in [-0.15, -0.1) is 9.24 Å². The minimum absolute atomic E-state index is 0.162. The average molecular weight is 432 g/mol. The van der Waals surface area contributed by atoms with Crippen molar-refractivity contribution in [2.75, 3.05) is 11.9 Å². The molecule has 0 aliphatic carbocycles. The van der Waals surface area contributed by atoms with Gasteiger partial charge < -0.3 is 10.4 Å². The smallest absolute Gasteiger partial charge is 0.256 e. The summed E-state index contributed by atoms with van der Waals surface area (Å²) < 4.78 is 1.63. The molecule has 0 amide bonds. The average Bonchev–Trinajstić information content (AvgIpc) is 2.72. The fourth-order valence-electron chi connectivity index (χ4n) is 3.64. The lowest BCUT2D eigenvalue weighted by Gasteiger charge is -2.17. The first-order valence-electron chi connectivity index (χ1n) is 10.1.